The van der Waals surface area contributed by atoms with Gasteiger partial charge in [0, 0.05) is 19.1 Å². The third-order valence-corrected chi connectivity index (χ3v) is 5.27. The van der Waals surface area contributed by atoms with Gasteiger partial charge in [-0.1, -0.05) is 0 Å². The molecule has 2 atom stereocenters. The average molecular weight is 266 g/mol. The summed E-state index contributed by atoms with van der Waals surface area (Å²) in [5.41, 5.74) is -0.671. The Morgan fingerprint density at radius 3 is 2.16 bits per heavy atom. The molecule has 3 fully saturated rings. The lowest BCUT2D eigenvalue weighted by molar-refractivity contribution is -0.144. The number of nitrogens with one attached hydrogen (secondary N) is 1. The molecule has 0 radical (unpaired) electrons. The number of rotatable bonds is 7. The fourth-order valence-electron chi connectivity index (χ4n) is 3.50. The third-order valence-electron chi connectivity index (χ3n) is 5.27. The highest BCUT2D eigenvalue weighted by Gasteiger charge is 2.47. The number of carbonyl (C=O) groups is 1. The molecule has 4 nitrogen and oxygen atoms in total. The highest BCUT2D eigenvalue weighted by atomic mass is 16.4. The molecule has 0 amide bonds. The minimum Gasteiger partial charge on any atom is -0.480 e. The summed E-state index contributed by atoms with van der Waals surface area (Å²) in [7, 11) is 1.79. The first-order valence-corrected chi connectivity index (χ1v) is 7.79. The molecule has 19 heavy (non-hydrogen) atoms. The molecular formula is C15H26N2O2. The second-order valence-corrected chi connectivity index (χ2v) is 6.87. The Morgan fingerprint density at radius 2 is 1.79 bits per heavy atom. The lowest BCUT2D eigenvalue weighted by Crippen LogP contribution is -2.50. The van der Waals surface area contributed by atoms with Crippen LogP contribution in [-0.4, -0.2) is 47.7 Å². The number of carboxylic acids is 1. The highest BCUT2D eigenvalue weighted by Crippen LogP contribution is 2.39. The molecule has 2 unspecified atom stereocenters. The first kappa shape index (κ1) is 13.4. The fourth-order valence-corrected chi connectivity index (χ4v) is 3.50. The van der Waals surface area contributed by atoms with Crippen molar-refractivity contribution in [1.29, 1.82) is 0 Å². The number of hydrogen-bond donors (Lipinski definition) is 2. The molecule has 0 aromatic heterocycles. The normalized spacial score (nSPS) is 34.9. The van der Waals surface area contributed by atoms with E-state index < -0.39 is 11.5 Å². The van der Waals surface area contributed by atoms with Gasteiger partial charge in [-0.3, -0.25) is 9.69 Å². The Morgan fingerprint density at radius 1 is 1.21 bits per heavy atom. The topological polar surface area (TPSA) is 52.6 Å². The van der Waals surface area contributed by atoms with Crippen LogP contribution < -0.4 is 5.32 Å². The van der Waals surface area contributed by atoms with Gasteiger partial charge in [-0.25, -0.2) is 0 Å². The van der Waals surface area contributed by atoms with Crippen molar-refractivity contribution in [3.05, 3.63) is 0 Å². The van der Waals surface area contributed by atoms with Gasteiger partial charge in [-0.2, -0.15) is 0 Å². The van der Waals surface area contributed by atoms with Crippen LogP contribution in [0.25, 0.3) is 0 Å². The van der Waals surface area contributed by atoms with Gasteiger partial charge in [0.15, 0.2) is 0 Å². The average Bonchev–Trinajstić information content (AvgIpc) is 3.31. The molecule has 4 heteroatoms. The van der Waals surface area contributed by atoms with Crippen LogP contribution in [0.2, 0.25) is 0 Å². The molecule has 0 spiro atoms. The van der Waals surface area contributed by atoms with E-state index in [-0.39, 0.29) is 0 Å². The number of nitrogens with zero attached hydrogens (tertiary/aromatic N) is 1. The fraction of sp³-hybridized carbons (Fsp3) is 0.933. The number of carboxylic acid groups (broad SMARTS) is 1. The second-order valence-electron chi connectivity index (χ2n) is 6.87. The maximum absolute atomic E-state index is 11.5. The SMILES string of the molecule is CNC1(C(=O)O)CCC(N(CC2CC2)CC2CC2)C1. The molecule has 3 rings (SSSR count). The van der Waals surface area contributed by atoms with Crippen LogP contribution >= 0.6 is 0 Å². The Kier molecular flexibility index (Phi) is 3.56. The van der Waals surface area contributed by atoms with Crippen molar-refractivity contribution >= 4 is 5.97 Å². The van der Waals surface area contributed by atoms with Crippen molar-refractivity contribution in [3.8, 4) is 0 Å². The van der Waals surface area contributed by atoms with E-state index in [1.54, 1.807) is 7.05 Å². The first-order chi connectivity index (χ1) is 9.13. The smallest absolute Gasteiger partial charge is 0.323 e. The summed E-state index contributed by atoms with van der Waals surface area (Å²) < 4.78 is 0. The third kappa shape index (κ3) is 2.95. The molecular weight excluding hydrogens is 240 g/mol. The van der Waals surface area contributed by atoms with Crippen molar-refractivity contribution in [2.24, 2.45) is 11.8 Å². The van der Waals surface area contributed by atoms with Crippen molar-refractivity contribution in [1.82, 2.24) is 10.2 Å². The molecule has 0 saturated heterocycles. The Hall–Kier alpha value is -0.610. The predicted octanol–water partition coefficient (Wildman–Crippen LogP) is 1.70. The summed E-state index contributed by atoms with van der Waals surface area (Å²) in [5, 5.41) is 12.5. The number of likely N-dealkylation sites (N-methyl/N-ethyl adjacent to an activating group) is 1. The van der Waals surface area contributed by atoms with Crippen LogP contribution in [0.3, 0.4) is 0 Å². The van der Waals surface area contributed by atoms with E-state index >= 15 is 0 Å². The maximum atomic E-state index is 11.5. The standard InChI is InChI=1S/C15H26N2O2/c1-16-15(14(18)19)7-6-13(8-15)17(9-11-2-3-11)10-12-4-5-12/h11-13,16H,2-10H2,1H3,(H,18,19). The molecule has 0 heterocycles. The number of aliphatic carboxylic acids is 1. The lowest BCUT2D eigenvalue weighted by Gasteiger charge is -2.31. The van der Waals surface area contributed by atoms with Crippen LogP contribution in [-0.2, 0) is 4.79 Å². The molecule has 0 aromatic carbocycles. The summed E-state index contributed by atoms with van der Waals surface area (Å²) in [5.74, 6) is 1.12. The minimum atomic E-state index is -0.671. The minimum absolute atomic E-state index is 0.477. The molecule has 0 bridgehead atoms. The Bertz CT molecular complexity index is 338. The van der Waals surface area contributed by atoms with Crippen LogP contribution in [0.4, 0.5) is 0 Å². The van der Waals surface area contributed by atoms with E-state index in [1.165, 1.54) is 38.8 Å². The zero-order chi connectivity index (χ0) is 13.5. The highest BCUT2D eigenvalue weighted by molar-refractivity contribution is 5.79. The zero-order valence-electron chi connectivity index (χ0n) is 11.9. The zero-order valence-corrected chi connectivity index (χ0v) is 11.9. The van der Waals surface area contributed by atoms with Crippen LogP contribution in [0.5, 0.6) is 0 Å². The molecule has 3 aliphatic carbocycles. The Balaban J connectivity index is 1.63. The monoisotopic (exact) mass is 266 g/mol. The van der Waals surface area contributed by atoms with E-state index in [0.717, 1.165) is 31.1 Å². The first-order valence-electron chi connectivity index (χ1n) is 7.79. The van der Waals surface area contributed by atoms with Gasteiger partial charge in [0.25, 0.3) is 0 Å². The van der Waals surface area contributed by atoms with E-state index in [9.17, 15) is 9.90 Å². The van der Waals surface area contributed by atoms with Crippen molar-refractivity contribution in [3.63, 3.8) is 0 Å². The van der Waals surface area contributed by atoms with Crippen molar-refractivity contribution in [2.75, 3.05) is 20.1 Å². The van der Waals surface area contributed by atoms with Gasteiger partial charge in [0.05, 0.1) is 0 Å². The van der Waals surface area contributed by atoms with Crippen LogP contribution in [0, 0.1) is 11.8 Å². The van der Waals surface area contributed by atoms with Gasteiger partial charge in [0.1, 0.15) is 5.54 Å². The molecule has 0 aliphatic heterocycles. The van der Waals surface area contributed by atoms with Crippen LogP contribution in [0.1, 0.15) is 44.9 Å². The summed E-state index contributed by atoms with van der Waals surface area (Å²) in [6.07, 6.45) is 8.10. The predicted molar refractivity (Wildman–Crippen MR) is 74.1 cm³/mol. The summed E-state index contributed by atoms with van der Waals surface area (Å²) in [6.45, 7) is 2.42. The van der Waals surface area contributed by atoms with E-state index in [0.29, 0.717) is 6.04 Å². The van der Waals surface area contributed by atoms with Gasteiger partial charge in [-0.05, 0) is 63.8 Å². The van der Waals surface area contributed by atoms with E-state index in [2.05, 4.69) is 10.2 Å². The molecule has 2 N–H and O–H groups in total. The van der Waals surface area contributed by atoms with Gasteiger partial charge < -0.3 is 10.4 Å². The maximum Gasteiger partial charge on any atom is 0.323 e. The number of hydrogen-bond acceptors (Lipinski definition) is 3. The summed E-state index contributed by atoms with van der Waals surface area (Å²) >= 11 is 0. The lowest BCUT2D eigenvalue weighted by atomic mass is 9.97. The second kappa shape index (κ2) is 5.06. The molecule has 108 valence electrons. The molecule has 3 aliphatic rings. The van der Waals surface area contributed by atoms with Crippen molar-refractivity contribution < 1.29 is 9.90 Å². The van der Waals surface area contributed by atoms with E-state index in [1.807, 2.05) is 0 Å². The quantitative estimate of drug-likeness (QED) is 0.736. The van der Waals surface area contributed by atoms with Gasteiger partial charge >= 0.3 is 5.97 Å². The Labute approximate surface area is 115 Å². The summed E-state index contributed by atoms with van der Waals surface area (Å²) in [6, 6.07) is 0.477. The van der Waals surface area contributed by atoms with Gasteiger partial charge in [0.2, 0.25) is 0 Å². The van der Waals surface area contributed by atoms with Crippen LogP contribution in [0.15, 0.2) is 0 Å². The molecule has 3 saturated carbocycles. The van der Waals surface area contributed by atoms with E-state index in [4.69, 9.17) is 0 Å². The van der Waals surface area contributed by atoms with Crippen molar-refractivity contribution in [2.45, 2.75) is 56.5 Å². The largest absolute Gasteiger partial charge is 0.480 e. The van der Waals surface area contributed by atoms with Gasteiger partial charge in [-0.15, -0.1) is 0 Å². The summed E-state index contributed by atoms with van der Waals surface area (Å²) in [4.78, 5) is 14.1. The molecule has 0 aromatic rings.